The van der Waals surface area contributed by atoms with Crippen molar-refractivity contribution in [2.75, 3.05) is 19.7 Å². The zero-order valence-electron chi connectivity index (χ0n) is 10.7. The summed E-state index contributed by atoms with van der Waals surface area (Å²) in [6, 6.07) is 8.02. The predicted molar refractivity (Wildman–Crippen MR) is 74.3 cm³/mol. The number of benzene rings is 1. The van der Waals surface area contributed by atoms with Gasteiger partial charge in [0.2, 0.25) is 0 Å². The SMILES string of the molecule is C=C(CNCC)COc1ccccc1/C=C/C. The minimum Gasteiger partial charge on any atom is -0.489 e. The van der Waals surface area contributed by atoms with Crippen LogP contribution in [0, 0.1) is 0 Å². The molecule has 17 heavy (non-hydrogen) atoms. The molecule has 0 amide bonds. The maximum Gasteiger partial charge on any atom is 0.126 e. The molecule has 0 aliphatic carbocycles. The standard InChI is InChI=1S/C15H21NO/c1-4-8-14-9-6-7-10-15(14)17-12-13(3)11-16-5-2/h4,6-10,16H,3,5,11-12H2,1-2H3/b8-4+. The van der Waals surface area contributed by atoms with E-state index in [0.717, 1.165) is 30.0 Å². The molecule has 2 nitrogen and oxygen atoms in total. The van der Waals surface area contributed by atoms with Gasteiger partial charge >= 0.3 is 0 Å². The van der Waals surface area contributed by atoms with E-state index in [0.29, 0.717) is 6.61 Å². The van der Waals surface area contributed by atoms with Crippen LogP contribution in [0.25, 0.3) is 6.08 Å². The smallest absolute Gasteiger partial charge is 0.126 e. The number of ether oxygens (including phenoxy) is 1. The molecular weight excluding hydrogens is 210 g/mol. The molecule has 0 heterocycles. The summed E-state index contributed by atoms with van der Waals surface area (Å²) in [7, 11) is 0. The zero-order valence-corrected chi connectivity index (χ0v) is 10.7. The molecule has 0 aliphatic heterocycles. The van der Waals surface area contributed by atoms with Crippen LogP contribution in [0.4, 0.5) is 0 Å². The van der Waals surface area contributed by atoms with Crippen LogP contribution in [0.15, 0.2) is 42.5 Å². The summed E-state index contributed by atoms with van der Waals surface area (Å²) in [6.45, 7) is 10.4. The molecule has 2 heteroatoms. The van der Waals surface area contributed by atoms with Gasteiger partial charge in [0.15, 0.2) is 0 Å². The number of para-hydroxylation sites is 1. The summed E-state index contributed by atoms with van der Waals surface area (Å²) >= 11 is 0. The van der Waals surface area contributed by atoms with Crippen molar-refractivity contribution in [3.63, 3.8) is 0 Å². The molecule has 0 bridgehead atoms. The summed E-state index contributed by atoms with van der Waals surface area (Å²) in [4.78, 5) is 0. The van der Waals surface area contributed by atoms with E-state index in [9.17, 15) is 0 Å². The lowest BCUT2D eigenvalue weighted by atomic mass is 10.2. The molecule has 0 unspecified atom stereocenters. The lowest BCUT2D eigenvalue weighted by Gasteiger charge is -2.11. The minimum absolute atomic E-state index is 0.557. The van der Waals surface area contributed by atoms with E-state index in [2.05, 4.69) is 18.8 Å². The molecule has 0 radical (unpaired) electrons. The fourth-order valence-electron chi connectivity index (χ4n) is 1.46. The first-order valence-electron chi connectivity index (χ1n) is 5.99. The van der Waals surface area contributed by atoms with Crippen LogP contribution < -0.4 is 10.1 Å². The van der Waals surface area contributed by atoms with Crippen molar-refractivity contribution in [1.82, 2.24) is 5.32 Å². The second-order valence-corrected chi connectivity index (χ2v) is 3.86. The highest BCUT2D eigenvalue weighted by atomic mass is 16.5. The van der Waals surface area contributed by atoms with Gasteiger partial charge in [-0.25, -0.2) is 0 Å². The van der Waals surface area contributed by atoms with Gasteiger partial charge in [-0.15, -0.1) is 0 Å². The minimum atomic E-state index is 0.557. The van der Waals surface area contributed by atoms with Crippen molar-refractivity contribution in [3.05, 3.63) is 48.1 Å². The fraction of sp³-hybridized carbons (Fsp3) is 0.333. The first kappa shape index (κ1) is 13.5. The molecule has 0 saturated carbocycles. The van der Waals surface area contributed by atoms with Crippen LogP contribution >= 0.6 is 0 Å². The summed E-state index contributed by atoms with van der Waals surface area (Å²) < 4.78 is 5.76. The van der Waals surface area contributed by atoms with Gasteiger partial charge in [-0.2, -0.15) is 0 Å². The molecule has 92 valence electrons. The van der Waals surface area contributed by atoms with Crippen molar-refractivity contribution in [3.8, 4) is 5.75 Å². The van der Waals surface area contributed by atoms with Gasteiger partial charge in [0, 0.05) is 12.1 Å². The van der Waals surface area contributed by atoms with Crippen molar-refractivity contribution in [1.29, 1.82) is 0 Å². The maximum absolute atomic E-state index is 5.76. The normalized spacial score (nSPS) is 10.7. The lowest BCUT2D eigenvalue weighted by Crippen LogP contribution is -2.18. The van der Waals surface area contributed by atoms with Gasteiger partial charge < -0.3 is 10.1 Å². The third-order valence-electron chi connectivity index (χ3n) is 2.32. The Morgan fingerprint density at radius 1 is 1.41 bits per heavy atom. The van der Waals surface area contributed by atoms with Crippen LogP contribution in [0.5, 0.6) is 5.75 Å². The van der Waals surface area contributed by atoms with Crippen molar-refractivity contribution in [2.45, 2.75) is 13.8 Å². The number of rotatable bonds is 7. The Balaban J connectivity index is 2.53. The van der Waals surface area contributed by atoms with Crippen LogP contribution in [0.1, 0.15) is 19.4 Å². The average Bonchev–Trinajstić information content (AvgIpc) is 2.35. The van der Waals surface area contributed by atoms with E-state index in [-0.39, 0.29) is 0 Å². The number of allylic oxidation sites excluding steroid dienone is 1. The summed E-state index contributed by atoms with van der Waals surface area (Å²) in [6.07, 6.45) is 4.05. The maximum atomic E-state index is 5.76. The molecule has 0 aliphatic rings. The Bertz CT molecular complexity index is 382. The number of hydrogen-bond acceptors (Lipinski definition) is 2. The van der Waals surface area contributed by atoms with Crippen molar-refractivity contribution < 1.29 is 4.74 Å². The Morgan fingerprint density at radius 2 is 2.18 bits per heavy atom. The Hall–Kier alpha value is -1.54. The van der Waals surface area contributed by atoms with Crippen molar-refractivity contribution >= 4 is 6.08 Å². The lowest BCUT2D eigenvalue weighted by molar-refractivity contribution is 0.348. The third kappa shape index (κ3) is 4.87. The number of hydrogen-bond donors (Lipinski definition) is 1. The fourth-order valence-corrected chi connectivity index (χ4v) is 1.46. The predicted octanol–water partition coefficient (Wildman–Crippen LogP) is 3.26. The number of likely N-dealkylation sites (N-methyl/N-ethyl adjacent to an activating group) is 1. The first-order chi connectivity index (χ1) is 8.27. The van der Waals surface area contributed by atoms with Gasteiger partial charge in [0.25, 0.3) is 0 Å². The molecule has 0 aromatic heterocycles. The molecule has 1 aromatic carbocycles. The van der Waals surface area contributed by atoms with Gasteiger partial charge in [0.05, 0.1) is 0 Å². The molecular formula is C15H21NO. The number of nitrogens with one attached hydrogen (secondary N) is 1. The molecule has 1 N–H and O–H groups in total. The summed E-state index contributed by atoms with van der Waals surface area (Å²) in [5.41, 5.74) is 2.16. The largest absolute Gasteiger partial charge is 0.489 e. The highest BCUT2D eigenvalue weighted by Crippen LogP contribution is 2.19. The highest BCUT2D eigenvalue weighted by Gasteiger charge is 2.00. The highest BCUT2D eigenvalue weighted by molar-refractivity contribution is 5.56. The Kier molecular flexibility index (Phi) is 6.12. The van der Waals surface area contributed by atoms with Gasteiger partial charge in [-0.3, -0.25) is 0 Å². The van der Waals surface area contributed by atoms with E-state index in [1.54, 1.807) is 0 Å². The first-order valence-corrected chi connectivity index (χ1v) is 5.99. The van der Waals surface area contributed by atoms with E-state index in [4.69, 9.17) is 4.74 Å². The Morgan fingerprint density at radius 3 is 2.88 bits per heavy atom. The second-order valence-electron chi connectivity index (χ2n) is 3.86. The van der Waals surface area contributed by atoms with Gasteiger partial charge in [-0.1, -0.05) is 43.9 Å². The topological polar surface area (TPSA) is 21.3 Å². The van der Waals surface area contributed by atoms with Crippen LogP contribution in [-0.4, -0.2) is 19.7 Å². The van der Waals surface area contributed by atoms with E-state index >= 15 is 0 Å². The second kappa shape index (κ2) is 7.69. The summed E-state index contributed by atoms with van der Waals surface area (Å²) in [5, 5.41) is 3.23. The Labute approximate surface area is 104 Å². The van der Waals surface area contributed by atoms with E-state index < -0.39 is 0 Å². The van der Waals surface area contributed by atoms with E-state index in [1.165, 1.54) is 0 Å². The van der Waals surface area contributed by atoms with Crippen LogP contribution in [-0.2, 0) is 0 Å². The monoisotopic (exact) mass is 231 g/mol. The third-order valence-corrected chi connectivity index (χ3v) is 2.32. The van der Waals surface area contributed by atoms with Crippen LogP contribution in [0.3, 0.4) is 0 Å². The average molecular weight is 231 g/mol. The molecule has 0 fully saturated rings. The summed E-state index contributed by atoms with van der Waals surface area (Å²) in [5.74, 6) is 0.906. The van der Waals surface area contributed by atoms with Crippen LogP contribution in [0.2, 0.25) is 0 Å². The molecule has 1 rings (SSSR count). The zero-order chi connectivity index (χ0) is 12.5. The molecule has 1 aromatic rings. The molecule has 0 spiro atoms. The van der Waals surface area contributed by atoms with Gasteiger partial charge in [0.1, 0.15) is 12.4 Å². The quantitative estimate of drug-likeness (QED) is 0.727. The molecule has 0 saturated heterocycles. The van der Waals surface area contributed by atoms with Gasteiger partial charge in [-0.05, 0) is 25.1 Å². The van der Waals surface area contributed by atoms with Crippen molar-refractivity contribution in [2.24, 2.45) is 0 Å². The van der Waals surface area contributed by atoms with E-state index in [1.807, 2.05) is 43.3 Å². The molecule has 0 atom stereocenters.